The number of anilines is 1. The minimum Gasteiger partial charge on any atom is -0.497 e. The summed E-state index contributed by atoms with van der Waals surface area (Å²) in [5, 5.41) is 2.87. The molecular formula is C18H17Cl2NO2. The largest absolute Gasteiger partial charge is 0.497 e. The van der Waals surface area contributed by atoms with Gasteiger partial charge in [-0.25, -0.2) is 0 Å². The van der Waals surface area contributed by atoms with Gasteiger partial charge in [-0.05, 0) is 48.4 Å². The molecule has 1 amide bonds. The third-order valence-corrected chi connectivity index (χ3v) is 5.49. The summed E-state index contributed by atoms with van der Waals surface area (Å²) < 4.78 is 4.39. The van der Waals surface area contributed by atoms with Gasteiger partial charge in [0.25, 0.3) is 5.91 Å². The summed E-state index contributed by atoms with van der Waals surface area (Å²) in [6.07, 6.45) is 0.737. The van der Waals surface area contributed by atoms with Gasteiger partial charge in [0.1, 0.15) is 10.1 Å². The highest BCUT2D eigenvalue weighted by Crippen LogP contribution is 2.64. The molecule has 0 bridgehead atoms. The van der Waals surface area contributed by atoms with Crippen LogP contribution in [-0.2, 0) is 5.41 Å². The average molecular weight is 350 g/mol. The van der Waals surface area contributed by atoms with Crippen LogP contribution in [0.1, 0.15) is 29.3 Å². The fraction of sp³-hybridized carbons (Fsp3) is 0.278. The molecule has 1 saturated carbocycles. The Labute approximate surface area is 145 Å². The van der Waals surface area contributed by atoms with Crippen LogP contribution in [0.15, 0.2) is 48.5 Å². The molecule has 23 heavy (non-hydrogen) atoms. The monoisotopic (exact) mass is 349 g/mol. The van der Waals surface area contributed by atoms with Crippen LogP contribution < -0.4 is 10.1 Å². The summed E-state index contributed by atoms with van der Waals surface area (Å²) in [6.45, 7) is 2.04. The van der Waals surface area contributed by atoms with Gasteiger partial charge in [0.05, 0.1) is 7.11 Å². The smallest absolute Gasteiger partial charge is 0.255 e. The van der Waals surface area contributed by atoms with Crippen molar-refractivity contribution in [2.24, 2.45) is 0 Å². The van der Waals surface area contributed by atoms with E-state index in [2.05, 4.69) is 5.32 Å². The van der Waals surface area contributed by atoms with Gasteiger partial charge < -0.3 is 10.1 Å². The Bertz CT molecular complexity index is 726. The molecule has 0 aromatic heterocycles. The van der Waals surface area contributed by atoms with Crippen LogP contribution >= 0.6 is 23.2 Å². The van der Waals surface area contributed by atoms with E-state index in [9.17, 15) is 4.79 Å². The number of hydrogen-bond acceptors (Lipinski definition) is 2. The Hall–Kier alpha value is -1.71. The molecule has 2 aromatic carbocycles. The zero-order chi connectivity index (χ0) is 16.7. The summed E-state index contributed by atoms with van der Waals surface area (Å²) in [6, 6.07) is 14.6. The second-order valence-electron chi connectivity index (χ2n) is 5.97. The van der Waals surface area contributed by atoms with Crippen molar-refractivity contribution in [3.8, 4) is 5.75 Å². The van der Waals surface area contributed by atoms with E-state index < -0.39 is 4.33 Å². The normalized spacial score (nSPS) is 21.6. The van der Waals surface area contributed by atoms with Crippen LogP contribution in [0.5, 0.6) is 5.75 Å². The number of benzene rings is 2. The van der Waals surface area contributed by atoms with Gasteiger partial charge in [0, 0.05) is 16.7 Å². The third kappa shape index (κ3) is 3.04. The lowest BCUT2D eigenvalue weighted by atomic mass is 9.98. The van der Waals surface area contributed by atoms with Crippen LogP contribution in [0, 0.1) is 0 Å². The molecular weight excluding hydrogens is 333 g/mol. The fourth-order valence-corrected chi connectivity index (χ4v) is 3.33. The second kappa shape index (κ2) is 5.73. The number of nitrogens with one attached hydrogen (secondary N) is 1. The first-order valence-corrected chi connectivity index (χ1v) is 8.05. The quantitative estimate of drug-likeness (QED) is 0.806. The number of ether oxygens (including phenoxy) is 1. The Morgan fingerprint density at radius 2 is 1.65 bits per heavy atom. The molecule has 1 fully saturated rings. The maximum Gasteiger partial charge on any atom is 0.255 e. The van der Waals surface area contributed by atoms with E-state index in [4.69, 9.17) is 27.9 Å². The number of hydrogen-bond donors (Lipinski definition) is 1. The van der Waals surface area contributed by atoms with Gasteiger partial charge in [0.15, 0.2) is 0 Å². The summed E-state index contributed by atoms with van der Waals surface area (Å²) in [7, 11) is 1.59. The number of carbonyl (C=O) groups is 1. The molecule has 0 aliphatic heterocycles. The topological polar surface area (TPSA) is 38.3 Å². The number of halogens is 2. The van der Waals surface area contributed by atoms with Crippen molar-refractivity contribution in [1.29, 1.82) is 0 Å². The summed E-state index contributed by atoms with van der Waals surface area (Å²) >= 11 is 12.4. The van der Waals surface area contributed by atoms with Crippen LogP contribution in [0.2, 0.25) is 0 Å². The van der Waals surface area contributed by atoms with Gasteiger partial charge in [-0.2, -0.15) is 0 Å². The van der Waals surface area contributed by atoms with Crippen LogP contribution in [-0.4, -0.2) is 17.4 Å². The standard InChI is InChI=1S/C18H17Cl2NO2/c1-17(11-18(17,19)20)13-5-7-14(8-6-13)21-16(22)12-3-9-15(23-2)10-4-12/h3-10H,11H2,1-2H3,(H,21,22)/t17-/m1/s1. The predicted molar refractivity (Wildman–Crippen MR) is 93.8 cm³/mol. The van der Waals surface area contributed by atoms with Crippen molar-refractivity contribution >= 4 is 34.8 Å². The number of methoxy groups -OCH3 is 1. The Morgan fingerprint density at radius 3 is 2.13 bits per heavy atom. The molecule has 5 heteroatoms. The van der Waals surface area contributed by atoms with E-state index in [1.165, 1.54) is 0 Å². The maximum atomic E-state index is 12.2. The number of rotatable bonds is 4. The number of alkyl halides is 2. The van der Waals surface area contributed by atoms with E-state index in [-0.39, 0.29) is 11.3 Å². The Morgan fingerprint density at radius 1 is 1.09 bits per heavy atom. The Balaban J connectivity index is 1.69. The molecule has 1 atom stereocenters. The molecule has 3 nitrogen and oxygen atoms in total. The molecule has 120 valence electrons. The number of amides is 1. The zero-order valence-corrected chi connectivity index (χ0v) is 14.4. The molecule has 0 spiro atoms. The van der Waals surface area contributed by atoms with Gasteiger partial charge >= 0.3 is 0 Å². The second-order valence-corrected chi connectivity index (χ2v) is 7.46. The highest BCUT2D eigenvalue weighted by molar-refractivity contribution is 6.52. The molecule has 1 aliphatic rings. The molecule has 3 rings (SSSR count). The van der Waals surface area contributed by atoms with Crippen LogP contribution in [0.4, 0.5) is 5.69 Å². The average Bonchev–Trinajstić information content (AvgIpc) is 3.07. The fourth-order valence-electron chi connectivity index (χ4n) is 2.58. The SMILES string of the molecule is COc1ccc(C(=O)Nc2ccc([C@@]3(C)CC3(Cl)Cl)cc2)cc1. The van der Waals surface area contributed by atoms with E-state index in [1.54, 1.807) is 31.4 Å². The molecule has 1 N–H and O–H groups in total. The van der Waals surface area contributed by atoms with Crippen molar-refractivity contribution < 1.29 is 9.53 Å². The van der Waals surface area contributed by atoms with Crippen molar-refractivity contribution in [2.45, 2.75) is 23.1 Å². The van der Waals surface area contributed by atoms with E-state index in [0.717, 1.165) is 17.7 Å². The predicted octanol–water partition coefficient (Wildman–Crippen LogP) is 4.78. The lowest BCUT2D eigenvalue weighted by molar-refractivity contribution is 0.102. The summed E-state index contributed by atoms with van der Waals surface area (Å²) in [4.78, 5) is 12.2. The van der Waals surface area contributed by atoms with E-state index in [0.29, 0.717) is 11.3 Å². The highest BCUT2D eigenvalue weighted by atomic mass is 35.5. The van der Waals surface area contributed by atoms with Crippen molar-refractivity contribution in [3.05, 3.63) is 59.7 Å². The first-order chi connectivity index (χ1) is 10.9. The molecule has 0 radical (unpaired) electrons. The van der Waals surface area contributed by atoms with Crippen LogP contribution in [0.3, 0.4) is 0 Å². The maximum absolute atomic E-state index is 12.2. The summed E-state index contributed by atoms with van der Waals surface area (Å²) in [5.41, 5.74) is 2.16. The van der Waals surface area contributed by atoms with Crippen molar-refractivity contribution in [2.75, 3.05) is 12.4 Å². The molecule has 1 aliphatic carbocycles. The minimum absolute atomic E-state index is 0.165. The highest BCUT2D eigenvalue weighted by Gasteiger charge is 2.63. The van der Waals surface area contributed by atoms with Gasteiger partial charge in [-0.15, -0.1) is 23.2 Å². The lowest BCUT2D eigenvalue weighted by Crippen LogP contribution is -2.13. The van der Waals surface area contributed by atoms with E-state index in [1.807, 2.05) is 31.2 Å². The van der Waals surface area contributed by atoms with E-state index >= 15 is 0 Å². The Kier molecular flexibility index (Phi) is 4.03. The number of carbonyl (C=O) groups excluding carboxylic acids is 1. The zero-order valence-electron chi connectivity index (χ0n) is 12.9. The molecule has 2 aromatic rings. The molecule has 0 saturated heterocycles. The van der Waals surface area contributed by atoms with Crippen molar-refractivity contribution in [3.63, 3.8) is 0 Å². The first kappa shape index (κ1) is 16.2. The van der Waals surface area contributed by atoms with Crippen molar-refractivity contribution in [1.82, 2.24) is 0 Å². The summed E-state index contributed by atoms with van der Waals surface area (Å²) in [5.74, 6) is 0.552. The lowest BCUT2D eigenvalue weighted by Gasteiger charge is -2.13. The van der Waals surface area contributed by atoms with Crippen LogP contribution in [0.25, 0.3) is 0 Å². The third-order valence-electron chi connectivity index (χ3n) is 4.39. The first-order valence-electron chi connectivity index (χ1n) is 7.29. The van der Waals surface area contributed by atoms with Gasteiger partial charge in [-0.3, -0.25) is 4.79 Å². The molecule has 0 unspecified atom stereocenters. The van der Waals surface area contributed by atoms with Gasteiger partial charge in [-0.1, -0.05) is 19.1 Å². The molecule has 0 heterocycles. The minimum atomic E-state index is -0.694. The van der Waals surface area contributed by atoms with Gasteiger partial charge in [0.2, 0.25) is 0 Å².